The Morgan fingerprint density at radius 2 is 2.00 bits per heavy atom. The van der Waals surface area contributed by atoms with Crippen molar-refractivity contribution in [3.63, 3.8) is 0 Å². The molecule has 1 aromatic carbocycles. The lowest BCUT2D eigenvalue weighted by molar-refractivity contribution is 0.179. The third-order valence-electron chi connectivity index (χ3n) is 4.59. The number of nitriles is 1. The van der Waals surface area contributed by atoms with Gasteiger partial charge >= 0.3 is 0 Å². The van der Waals surface area contributed by atoms with Crippen LogP contribution in [0, 0.1) is 11.3 Å². The number of hydrogen-bond donors (Lipinski definition) is 1. The molecular weight excluding hydrogens is 348 g/mol. The van der Waals surface area contributed by atoms with Crippen LogP contribution in [0.2, 0.25) is 0 Å². The summed E-state index contributed by atoms with van der Waals surface area (Å²) in [6, 6.07) is 9.22. The van der Waals surface area contributed by atoms with E-state index in [1.165, 1.54) is 0 Å². The molecule has 1 atom stereocenters. The number of sulfonamides is 1. The van der Waals surface area contributed by atoms with Gasteiger partial charge < -0.3 is 5.32 Å². The van der Waals surface area contributed by atoms with Gasteiger partial charge in [0.05, 0.1) is 17.4 Å². The molecule has 2 fully saturated rings. The molecule has 2 aliphatic heterocycles. The molecule has 6 nitrogen and oxygen atoms in total. The predicted molar refractivity (Wildman–Crippen MR) is 95.4 cm³/mol. The summed E-state index contributed by atoms with van der Waals surface area (Å²) in [6.45, 7) is 5.11. The Morgan fingerprint density at radius 1 is 1.25 bits per heavy atom. The quantitative estimate of drug-likeness (QED) is 0.848. The van der Waals surface area contributed by atoms with Crippen LogP contribution >= 0.6 is 12.4 Å². The minimum atomic E-state index is -3.33. The Balaban J connectivity index is 0.00000208. The zero-order valence-corrected chi connectivity index (χ0v) is 15.2. The normalized spacial score (nSPS) is 22.7. The summed E-state index contributed by atoms with van der Waals surface area (Å²) in [5.41, 5.74) is 1.17. The smallest absolute Gasteiger partial charge is 0.218 e. The molecule has 0 saturated carbocycles. The highest BCUT2D eigenvalue weighted by Gasteiger charge is 2.34. The summed E-state index contributed by atoms with van der Waals surface area (Å²) in [5.74, 6) is -0.0310. The van der Waals surface area contributed by atoms with Gasteiger partial charge in [0.25, 0.3) is 0 Å². The van der Waals surface area contributed by atoms with Gasteiger partial charge in [-0.25, -0.2) is 12.7 Å². The standard InChI is InChI=1S/C16H22N4O2S.ClH/c17-11-14-2-1-3-15(10-14)13-23(21,22)20-7-4-16(12-20)19-8-5-18-6-9-19;/h1-3,10,16,18H,4-9,12-13H2;1H. The number of rotatable bonds is 4. The number of hydrogen-bond acceptors (Lipinski definition) is 5. The maximum Gasteiger partial charge on any atom is 0.218 e. The first-order chi connectivity index (χ1) is 11.1. The first-order valence-electron chi connectivity index (χ1n) is 8.00. The van der Waals surface area contributed by atoms with Crippen molar-refractivity contribution < 1.29 is 8.42 Å². The summed E-state index contributed by atoms with van der Waals surface area (Å²) >= 11 is 0. The summed E-state index contributed by atoms with van der Waals surface area (Å²) in [5, 5.41) is 12.3. The Hall–Kier alpha value is -1.17. The van der Waals surface area contributed by atoms with Crippen LogP contribution in [0.3, 0.4) is 0 Å². The van der Waals surface area contributed by atoms with Crippen molar-refractivity contribution in [2.24, 2.45) is 0 Å². The number of piperazine rings is 1. The second-order valence-electron chi connectivity index (χ2n) is 6.15. The highest BCUT2D eigenvalue weighted by atomic mass is 35.5. The van der Waals surface area contributed by atoms with E-state index >= 15 is 0 Å². The maximum absolute atomic E-state index is 12.6. The molecule has 132 valence electrons. The molecule has 1 N–H and O–H groups in total. The molecule has 0 aromatic heterocycles. The molecule has 0 spiro atoms. The summed E-state index contributed by atoms with van der Waals surface area (Å²) in [7, 11) is -3.33. The van der Waals surface area contributed by atoms with E-state index < -0.39 is 10.0 Å². The number of nitrogens with zero attached hydrogens (tertiary/aromatic N) is 3. The molecule has 8 heteroatoms. The SMILES string of the molecule is Cl.N#Cc1cccc(CS(=O)(=O)N2CCC(N3CCNCC3)C2)c1. The van der Waals surface area contributed by atoms with E-state index in [-0.39, 0.29) is 18.2 Å². The zero-order chi connectivity index (χ0) is 16.3. The third-order valence-corrected chi connectivity index (χ3v) is 6.41. The molecule has 1 unspecified atom stereocenters. The van der Waals surface area contributed by atoms with E-state index in [2.05, 4.69) is 16.3 Å². The van der Waals surface area contributed by atoms with Crippen LogP contribution in [0.25, 0.3) is 0 Å². The van der Waals surface area contributed by atoms with Crippen LogP contribution in [0.15, 0.2) is 24.3 Å². The zero-order valence-electron chi connectivity index (χ0n) is 13.5. The Bertz CT molecular complexity index is 698. The van der Waals surface area contributed by atoms with Gasteiger partial charge in [-0.1, -0.05) is 12.1 Å². The van der Waals surface area contributed by atoms with Crippen LogP contribution in [-0.4, -0.2) is 62.9 Å². The van der Waals surface area contributed by atoms with E-state index in [0.29, 0.717) is 30.3 Å². The van der Waals surface area contributed by atoms with Gasteiger partial charge in [-0.2, -0.15) is 5.26 Å². The molecule has 0 radical (unpaired) electrons. The molecular formula is C16H23ClN4O2S. The summed E-state index contributed by atoms with van der Waals surface area (Å²) in [6.07, 6.45) is 0.900. The minimum absolute atomic E-state index is 0. The first-order valence-corrected chi connectivity index (χ1v) is 9.61. The summed E-state index contributed by atoms with van der Waals surface area (Å²) in [4.78, 5) is 2.39. The van der Waals surface area contributed by atoms with Crippen LogP contribution < -0.4 is 5.32 Å². The molecule has 0 amide bonds. The van der Waals surface area contributed by atoms with Gasteiger partial charge in [0.1, 0.15) is 0 Å². The van der Waals surface area contributed by atoms with Gasteiger partial charge in [-0.3, -0.25) is 4.90 Å². The highest BCUT2D eigenvalue weighted by Crippen LogP contribution is 2.21. The van der Waals surface area contributed by atoms with Crippen molar-refractivity contribution in [2.45, 2.75) is 18.2 Å². The maximum atomic E-state index is 12.6. The van der Waals surface area contributed by atoms with Crippen molar-refractivity contribution in [2.75, 3.05) is 39.3 Å². The molecule has 24 heavy (non-hydrogen) atoms. The van der Waals surface area contributed by atoms with E-state index in [0.717, 1.165) is 32.6 Å². The fourth-order valence-electron chi connectivity index (χ4n) is 3.34. The van der Waals surface area contributed by atoms with Crippen molar-refractivity contribution >= 4 is 22.4 Å². The number of halogens is 1. The molecule has 2 saturated heterocycles. The Kier molecular flexibility index (Phi) is 6.61. The Labute approximate surface area is 149 Å². The molecule has 2 heterocycles. The van der Waals surface area contributed by atoms with E-state index in [9.17, 15) is 8.42 Å². The fraction of sp³-hybridized carbons (Fsp3) is 0.562. The van der Waals surface area contributed by atoms with Crippen molar-refractivity contribution in [1.29, 1.82) is 5.26 Å². The van der Waals surface area contributed by atoms with E-state index in [1.54, 1.807) is 28.6 Å². The van der Waals surface area contributed by atoms with Crippen LogP contribution in [0.1, 0.15) is 17.5 Å². The van der Waals surface area contributed by atoms with Crippen LogP contribution in [-0.2, 0) is 15.8 Å². The second kappa shape index (κ2) is 8.28. The lowest BCUT2D eigenvalue weighted by Gasteiger charge is -2.32. The van der Waals surface area contributed by atoms with Crippen molar-refractivity contribution in [3.8, 4) is 6.07 Å². The van der Waals surface area contributed by atoms with Crippen LogP contribution in [0.4, 0.5) is 0 Å². The van der Waals surface area contributed by atoms with E-state index in [4.69, 9.17) is 5.26 Å². The fourth-order valence-corrected chi connectivity index (χ4v) is 4.91. The lowest BCUT2D eigenvalue weighted by Crippen LogP contribution is -2.49. The molecule has 2 aliphatic rings. The minimum Gasteiger partial charge on any atom is -0.314 e. The molecule has 3 rings (SSSR count). The first kappa shape index (κ1) is 19.2. The summed E-state index contributed by atoms with van der Waals surface area (Å²) < 4.78 is 26.9. The largest absolute Gasteiger partial charge is 0.314 e. The lowest BCUT2D eigenvalue weighted by atomic mass is 10.2. The topological polar surface area (TPSA) is 76.4 Å². The molecule has 0 aliphatic carbocycles. The second-order valence-corrected chi connectivity index (χ2v) is 8.12. The highest BCUT2D eigenvalue weighted by molar-refractivity contribution is 7.88. The van der Waals surface area contributed by atoms with E-state index in [1.807, 2.05) is 0 Å². The number of nitrogens with one attached hydrogen (secondary N) is 1. The molecule has 0 bridgehead atoms. The van der Waals surface area contributed by atoms with Gasteiger partial charge in [0, 0.05) is 45.3 Å². The third kappa shape index (κ3) is 4.47. The van der Waals surface area contributed by atoms with Gasteiger partial charge in [0.2, 0.25) is 10.0 Å². The predicted octanol–water partition coefficient (Wildman–Crippen LogP) is 0.789. The average Bonchev–Trinajstić information content (AvgIpc) is 3.06. The van der Waals surface area contributed by atoms with Gasteiger partial charge in [-0.15, -0.1) is 12.4 Å². The monoisotopic (exact) mass is 370 g/mol. The Morgan fingerprint density at radius 3 is 2.71 bits per heavy atom. The van der Waals surface area contributed by atoms with Gasteiger partial charge in [-0.05, 0) is 24.1 Å². The van der Waals surface area contributed by atoms with Gasteiger partial charge in [0.15, 0.2) is 0 Å². The van der Waals surface area contributed by atoms with Crippen molar-refractivity contribution in [3.05, 3.63) is 35.4 Å². The van der Waals surface area contributed by atoms with Crippen molar-refractivity contribution in [1.82, 2.24) is 14.5 Å². The number of benzene rings is 1. The van der Waals surface area contributed by atoms with Crippen LogP contribution in [0.5, 0.6) is 0 Å². The average molecular weight is 371 g/mol. The molecule has 1 aromatic rings.